The van der Waals surface area contributed by atoms with Gasteiger partial charge in [0.15, 0.2) is 18.9 Å². The Kier molecular flexibility index (Phi) is 9.89. The zero-order valence-corrected chi connectivity index (χ0v) is 23.3. The number of hydrogen-bond acceptors (Lipinski definition) is 6. The molecule has 0 aromatic rings. The van der Waals surface area contributed by atoms with E-state index in [1.807, 2.05) is 13.8 Å². The van der Waals surface area contributed by atoms with Gasteiger partial charge in [-0.2, -0.15) is 0 Å². The van der Waals surface area contributed by atoms with Gasteiger partial charge in [-0.15, -0.1) is 0 Å². The Morgan fingerprint density at radius 1 is 0.529 bits per heavy atom. The fraction of sp³-hybridized carbons (Fsp3) is 1.00. The molecule has 0 amide bonds. The lowest BCUT2D eigenvalue weighted by Crippen LogP contribution is -2.51. The number of hydrogen-bond donors (Lipinski definition) is 1. The number of aliphatic hydroxyl groups excluding tert-OH is 1. The van der Waals surface area contributed by atoms with Crippen LogP contribution in [0.3, 0.4) is 0 Å². The first kappa shape index (κ1) is 28.3. The van der Waals surface area contributed by atoms with Crippen molar-refractivity contribution in [2.24, 2.45) is 53.3 Å². The standard InChI is InChI=1S/C28H52O6/c1-11-23-14(2)21(9)33-27(18(23)6)31-13-25-16(4)22(10)34-28(19(25)7)30-12-24-15(3)20(8)32-26(29)17(24)5/h14-29H,11-13H2,1-10H3/t14-,15-,16-,17?,18?,19?,20?,21?,22?,23+,24+,25+,26-,27-,28-/m1/s1. The van der Waals surface area contributed by atoms with E-state index in [9.17, 15) is 5.11 Å². The van der Waals surface area contributed by atoms with E-state index in [4.69, 9.17) is 23.7 Å². The molecule has 3 aliphatic heterocycles. The van der Waals surface area contributed by atoms with Gasteiger partial charge < -0.3 is 28.8 Å². The molecule has 0 saturated carbocycles. The van der Waals surface area contributed by atoms with Crippen molar-refractivity contribution in [3.8, 4) is 0 Å². The summed E-state index contributed by atoms with van der Waals surface area (Å²) in [5.74, 6) is 3.03. The van der Waals surface area contributed by atoms with Crippen LogP contribution in [0.25, 0.3) is 0 Å². The van der Waals surface area contributed by atoms with Crippen molar-refractivity contribution in [2.45, 2.75) is 113 Å². The molecule has 0 aromatic heterocycles. The second-order valence-corrected chi connectivity index (χ2v) is 11.9. The minimum atomic E-state index is -0.737. The van der Waals surface area contributed by atoms with Crippen LogP contribution in [0.2, 0.25) is 0 Å². The van der Waals surface area contributed by atoms with Gasteiger partial charge in [0, 0.05) is 17.8 Å². The van der Waals surface area contributed by atoms with Crippen LogP contribution in [0.5, 0.6) is 0 Å². The van der Waals surface area contributed by atoms with Crippen molar-refractivity contribution in [3.63, 3.8) is 0 Å². The summed E-state index contributed by atoms with van der Waals surface area (Å²) in [7, 11) is 0. The summed E-state index contributed by atoms with van der Waals surface area (Å²) >= 11 is 0. The van der Waals surface area contributed by atoms with E-state index in [0.717, 1.165) is 6.42 Å². The predicted molar refractivity (Wildman–Crippen MR) is 133 cm³/mol. The molecule has 34 heavy (non-hydrogen) atoms. The minimum Gasteiger partial charge on any atom is -0.368 e. The zero-order chi connectivity index (χ0) is 25.3. The maximum absolute atomic E-state index is 10.3. The van der Waals surface area contributed by atoms with E-state index in [1.54, 1.807) is 0 Å². The first-order chi connectivity index (χ1) is 16.0. The van der Waals surface area contributed by atoms with Crippen molar-refractivity contribution >= 4 is 0 Å². The van der Waals surface area contributed by atoms with Gasteiger partial charge in [-0.05, 0) is 56.3 Å². The van der Waals surface area contributed by atoms with Gasteiger partial charge in [0.25, 0.3) is 0 Å². The lowest BCUT2D eigenvalue weighted by Gasteiger charge is -2.47. The Balaban J connectivity index is 1.61. The van der Waals surface area contributed by atoms with E-state index in [1.165, 1.54) is 0 Å². The van der Waals surface area contributed by atoms with Gasteiger partial charge in [-0.3, -0.25) is 0 Å². The van der Waals surface area contributed by atoms with Crippen LogP contribution in [0.15, 0.2) is 0 Å². The minimum absolute atomic E-state index is 0.0131. The smallest absolute Gasteiger partial charge is 0.160 e. The maximum atomic E-state index is 10.3. The first-order valence-corrected chi connectivity index (χ1v) is 13.8. The second-order valence-electron chi connectivity index (χ2n) is 11.9. The third kappa shape index (κ3) is 5.84. The highest BCUT2D eigenvalue weighted by molar-refractivity contribution is 4.87. The van der Waals surface area contributed by atoms with E-state index >= 15 is 0 Å². The summed E-state index contributed by atoms with van der Waals surface area (Å²) in [6, 6.07) is 0. The predicted octanol–water partition coefficient (Wildman–Crippen LogP) is 5.32. The molecule has 0 bridgehead atoms. The summed E-state index contributed by atoms with van der Waals surface area (Å²) in [5, 5.41) is 10.3. The molecule has 15 atom stereocenters. The normalized spacial score (nSPS) is 52.5. The highest BCUT2D eigenvalue weighted by Crippen LogP contribution is 2.41. The Hall–Kier alpha value is -0.240. The molecule has 3 rings (SSSR count). The largest absolute Gasteiger partial charge is 0.368 e. The molecule has 3 fully saturated rings. The van der Waals surface area contributed by atoms with Gasteiger partial charge in [-0.1, -0.05) is 54.9 Å². The van der Waals surface area contributed by atoms with E-state index in [2.05, 4.69) is 55.4 Å². The van der Waals surface area contributed by atoms with Crippen LogP contribution in [0.4, 0.5) is 0 Å². The molecule has 3 saturated heterocycles. The fourth-order valence-corrected chi connectivity index (χ4v) is 6.63. The topological polar surface area (TPSA) is 66.4 Å². The molecule has 6 heteroatoms. The van der Waals surface area contributed by atoms with Crippen LogP contribution in [-0.4, -0.2) is 55.5 Å². The third-order valence-electron chi connectivity index (χ3n) is 10.0. The molecule has 6 unspecified atom stereocenters. The lowest BCUT2D eigenvalue weighted by atomic mass is 9.76. The number of aliphatic hydroxyl groups is 1. The molecule has 1 N–H and O–H groups in total. The maximum Gasteiger partial charge on any atom is 0.160 e. The molecule has 3 heterocycles. The van der Waals surface area contributed by atoms with Crippen molar-refractivity contribution < 1.29 is 28.8 Å². The summed E-state index contributed by atoms with van der Waals surface area (Å²) < 4.78 is 31.2. The summed E-state index contributed by atoms with van der Waals surface area (Å²) in [4.78, 5) is 0. The van der Waals surface area contributed by atoms with Crippen molar-refractivity contribution in [3.05, 3.63) is 0 Å². The number of rotatable bonds is 7. The van der Waals surface area contributed by atoms with Gasteiger partial charge in [-0.25, -0.2) is 0 Å². The van der Waals surface area contributed by atoms with E-state index in [-0.39, 0.29) is 48.6 Å². The van der Waals surface area contributed by atoms with Crippen LogP contribution in [0.1, 0.15) is 75.7 Å². The molecule has 0 radical (unpaired) electrons. The molecule has 0 aliphatic carbocycles. The Bertz CT molecular complexity index is 616. The molecule has 3 aliphatic rings. The SMILES string of the molecule is CC[C@@H]1C(C)[C@H](OC[C@@H]2C(C)[C@H](OC[C@@H]3C(C)[C@H](O)OC(C)[C@H]3C)OC(C)[C@H]2C)OC(C)[C@H]1C. The fourth-order valence-electron chi connectivity index (χ4n) is 6.63. The summed E-state index contributed by atoms with van der Waals surface area (Å²) in [5.41, 5.74) is 0. The van der Waals surface area contributed by atoms with Gasteiger partial charge >= 0.3 is 0 Å². The van der Waals surface area contributed by atoms with Gasteiger partial charge in [0.1, 0.15) is 0 Å². The van der Waals surface area contributed by atoms with Crippen LogP contribution in [0, 0.1) is 53.3 Å². The number of ether oxygens (including phenoxy) is 5. The monoisotopic (exact) mass is 484 g/mol. The molecule has 6 nitrogen and oxygen atoms in total. The summed E-state index contributed by atoms with van der Waals surface area (Å²) in [6.45, 7) is 23.1. The Morgan fingerprint density at radius 3 is 1.38 bits per heavy atom. The average molecular weight is 485 g/mol. The summed E-state index contributed by atoms with van der Waals surface area (Å²) in [6.07, 6.45) is 0.311. The molecule has 200 valence electrons. The van der Waals surface area contributed by atoms with Crippen LogP contribution >= 0.6 is 0 Å². The second kappa shape index (κ2) is 11.9. The highest BCUT2D eigenvalue weighted by Gasteiger charge is 2.45. The van der Waals surface area contributed by atoms with E-state index in [0.29, 0.717) is 48.7 Å². The quantitative estimate of drug-likeness (QED) is 0.527. The van der Waals surface area contributed by atoms with Gasteiger partial charge in [0.2, 0.25) is 0 Å². The lowest BCUT2D eigenvalue weighted by molar-refractivity contribution is -0.287. The van der Waals surface area contributed by atoms with Crippen molar-refractivity contribution in [1.29, 1.82) is 0 Å². The zero-order valence-electron chi connectivity index (χ0n) is 23.3. The van der Waals surface area contributed by atoms with Crippen molar-refractivity contribution in [2.75, 3.05) is 13.2 Å². The first-order valence-electron chi connectivity index (χ1n) is 13.8. The van der Waals surface area contributed by atoms with Crippen molar-refractivity contribution in [1.82, 2.24) is 0 Å². The van der Waals surface area contributed by atoms with Crippen LogP contribution < -0.4 is 0 Å². The third-order valence-corrected chi connectivity index (χ3v) is 10.0. The molecule has 0 spiro atoms. The molecule has 0 aromatic carbocycles. The average Bonchev–Trinajstić information content (AvgIpc) is 2.79. The Morgan fingerprint density at radius 2 is 0.912 bits per heavy atom. The molecular weight excluding hydrogens is 432 g/mol. The van der Waals surface area contributed by atoms with Gasteiger partial charge in [0.05, 0.1) is 31.5 Å². The van der Waals surface area contributed by atoms with E-state index < -0.39 is 6.29 Å². The highest BCUT2D eigenvalue weighted by atomic mass is 16.7. The molecular formula is C28H52O6. The Labute approximate surface area is 208 Å². The van der Waals surface area contributed by atoms with Crippen LogP contribution in [-0.2, 0) is 23.7 Å².